The van der Waals surface area contributed by atoms with Crippen molar-refractivity contribution in [1.82, 2.24) is 19.7 Å². The van der Waals surface area contributed by atoms with Crippen molar-refractivity contribution in [3.8, 4) is 0 Å². The average molecular weight is 357 g/mol. The summed E-state index contributed by atoms with van der Waals surface area (Å²) >= 11 is 3.02. The van der Waals surface area contributed by atoms with Gasteiger partial charge in [0.2, 0.25) is 5.03 Å². The number of aromatic nitrogens is 3. The number of aryl methyl sites for hydroxylation is 1. The first-order valence-corrected chi connectivity index (χ1v) is 7.73. The van der Waals surface area contributed by atoms with Gasteiger partial charge >= 0.3 is 0 Å². The summed E-state index contributed by atoms with van der Waals surface area (Å²) in [6, 6.07) is 0. The molecule has 10 heteroatoms. The highest BCUT2D eigenvalue weighted by atomic mass is 79.9. The van der Waals surface area contributed by atoms with Crippen LogP contribution in [0.15, 0.2) is 9.63 Å². The molecule has 1 aromatic heterocycles. The van der Waals surface area contributed by atoms with Gasteiger partial charge in [-0.25, -0.2) is 17.8 Å². The molecule has 0 aliphatic heterocycles. The molecule has 2 N–H and O–H groups in total. The lowest BCUT2D eigenvalue weighted by molar-refractivity contribution is 0.0291. The zero-order valence-electron chi connectivity index (χ0n) is 10.9. The van der Waals surface area contributed by atoms with Gasteiger partial charge in [0.1, 0.15) is 0 Å². The van der Waals surface area contributed by atoms with E-state index < -0.39 is 15.6 Å². The lowest BCUT2D eigenvalue weighted by Gasteiger charge is -2.23. The first-order chi connectivity index (χ1) is 8.69. The van der Waals surface area contributed by atoms with Crippen LogP contribution in [-0.4, -0.2) is 54.4 Å². The van der Waals surface area contributed by atoms with Crippen molar-refractivity contribution >= 4 is 26.0 Å². The third-order valence-corrected chi connectivity index (χ3v) is 4.77. The van der Waals surface area contributed by atoms with E-state index in [1.165, 1.54) is 21.1 Å². The Morgan fingerprint density at radius 3 is 2.68 bits per heavy atom. The van der Waals surface area contributed by atoms with Gasteiger partial charge in [-0.2, -0.15) is 0 Å². The predicted octanol–water partition coefficient (Wildman–Crippen LogP) is -0.357. The van der Waals surface area contributed by atoms with E-state index in [0.717, 1.165) is 4.68 Å². The summed E-state index contributed by atoms with van der Waals surface area (Å²) in [7, 11) is -0.816. The van der Waals surface area contributed by atoms with Gasteiger partial charge in [-0.05, 0) is 22.9 Å². The predicted molar refractivity (Wildman–Crippen MR) is 71.0 cm³/mol. The van der Waals surface area contributed by atoms with Crippen molar-refractivity contribution in [2.24, 2.45) is 7.05 Å². The maximum absolute atomic E-state index is 12.1. The van der Waals surface area contributed by atoms with Crippen LogP contribution in [0, 0.1) is 0 Å². The van der Waals surface area contributed by atoms with Crippen molar-refractivity contribution in [3.05, 3.63) is 4.60 Å². The molecule has 0 amide bonds. The number of hydrogen-bond acceptors (Lipinski definition) is 6. The first kappa shape index (κ1) is 16.5. The maximum Gasteiger partial charge on any atom is 0.260 e. The Hall–Kier alpha value is -0.550. The number of rotatable bonds is 7. The third kappa shape index (κ3) is 4.49. The second-order valence-electron chi connectivity index (χ2n) is 4.37. The van der Waals surface area contributed by atoms with Gasteiger partial charge in [0, 0.05) is 33.7 Å². The van der Waals surface area contributed by atoms with Crippen LogP contribution in [0.2, 0.25) is 0 Å². The zero-order chi connectivity index (χ0) is 14.7. The highest BCUT2D eigenvalue weighted by Crippen LogP contribution is 2.18. The molecule has 1 atom stereocenters. The van der Waals surface area contributed by atoms with Crippen LogP contribution in [0.4, 0.5) is 0 Å². The molecule has 0 saturated heterocycles. The Morgan fingerprint density at radius 1 is 1.58 bits per heavy atom. The number of nitrogens with zero attached hydrogens (tertiary/aromatic N) is 3. The molecule has 1 heterocycles. The minimum Gasteiger partial charge on any atom is -0.389 e. The summed E-state index contributed by atoms with van der Waals surface area (Å²) in [5, 5.41) is 17.1. The standard InChI is InChI=1S/C9H17BrN4O4S/c1-9(15,4-5-18-3)6-11-19(16,17)8-7(10)12-13-14(8)2/h11,15H,4-6H2,1-3H3. The number of aliphatic hydroxyl groups is 1. The van der Waals surface area contributed by atoms with Gasteiger partial charge in [0.25, 0.3) is 10.0 Å². The molecule has 19 heavy (non-hydrogen) atoms. The molecule has 0 aliphatic carbocycles. The summed E-state index contributed by atoms with van der Waals surface area (Å²) < 4.78 is 32.6. The van der Waals surface area contributed by atoms with E-state index in [0.29, 0.717) is 13.0 Å². The van der Waals surface area contributed by atoms with E-state index >= 15 is 0 Å². The first-order valence-electron chi connectivity index (χ1n) is 5.46. The second kappa shape index (κ2) is 6.27. The van der Waals surface area contributed by atoms with Crippen LogP contribution in [0.1, 0.15) is 13.3 Å². The third-order valence-electron chi connectivity index (χ3n) is 2.48. The topological polar surface area (TPSA) is 106 Å². The smallest absolute Gasteiger partial charge is 0.260 e. The summed E-state index contributed by atoms with van der Waals surface area (Å²) in [5.74, 6) is 0. The molecule has 110 valence electrons. The van der Waals surface area contributed by atoms with Crippen LogP contribution >= 0.6 is 15.9 Å². The van der Waals surface area contributed by atoms with E-state index in [4.69, 9.17) is 4.74 Å². The molecule has 1 unspecified atom stereocenters. The van der Waals surface area contributed by atoms with Crippen LogP contribution in [0.25, 0.3) is 0 Å². The van der Waals surface area contributed by atoms with E-state index in [-0.39, 0.29) is 16.2 Å². The summed E-state index contributed by atoms with van der Waals surface area (Å²) in [5.41, 5.74) is -1.19. The Kier molecular flexibility index (Phi) is 5.44. The Morgan fingerprint density at radius 2 is 2.21 bits per heavy atom. The number of halogens is 1. The number of sulfonamides is 1. The Balaban J connectivity index is 2.77. The molecule has 0 bridgehead atoms. The molecule has 0 radical (unpaired) electrons. The lowest BCUT2D eigenvalue weighted by atomic mass is 10.0. The fraction of sp³-hybridized carbons (Fsp3) is 0.778. The molecule has 8 nitrogen and oxygen atoms in total. The van der Waals surface area contributed by atoms with Gasteiger partial charge < -0.3 is 9.84 Å². The van der Waals surface area contributed by atoms with Crippen molar-refractivity contribution in [2.45, 2.75) is 24.0 Å². The number of ether oxygens (including phenoxy) is 1. The minimum absolute atomic E-state index is 0.0879. The van der Waals surface area contributed by atoms with Crippen molar-refractivity contribution in [2.75, 3.05) is 20.3 Å². The largest absolute Gasteiger partial charge is 0.389 e. The lowest BCUT2D eigenvalue weighted by Crippen LogP contribution is -2.41. The number of hydrogen-bond donors (Lipinski definition) is 2. The fourth-order valence-corrected chi connectivity index (χ4v) is 3.59. The number of nitrogens with one attached hydrogen (secondary N) is 1. The Labute approximate surface area is 120 Å². The normalized spacial score (nSPS) is 15.4. The van der Waals surface area contributed by atoms with E-state index in [1.807, 2.05) is 0 Å². The van der Waals surface area contributed by atoms with Crippen LogP contribution in [0.5, 0.6) is 0 Å². The molecule has 1 aromatic rings. The van der Waals surface area contributed by atoms with Crippen LogP contribution < -0.4 is 4.72 Å². The minimum atomic E-state index is -3.80. The van der Waals surface area contributed by atoms with E-state index in [1.54, 1.807) is 0 Å². The monoisotopic (exact) mass is 356 g/mol. The fourth-order valence-electron chi connectivity index (χ4n) is 1.34. The summed E-state index contributed by atoms with van der Waals surface area (Å²) in [4.78, 5) is 0. The van der Waals surface area contributed by atoms with E-state index in [9.17, 15) is 13.5 Å². The van der Waals surface area contributed by atoms with E-state index in [2.05, 4.69) is 31.0 Å². The molecule has 1 rings (SSSR count). The number of methoxy groups -OCH3 is 1. The van der Waals surface area contributed by atoms with Crippen LogP contribution in [-0.2, 0) is 21.8 Å². The van der Waals surface area contributed by atoms with Crippen molar-refractivity contribution < 1.29 is 18.3 Å². The van der Waals surface area contributed by atoms with Crippen molar-refractivity contribution in [3.63, 3.8) is 0 Å². The highest BCUT2D eigenvalue weighted by Gasteiger charge is 2.28. The molecular weight excluding hydrogens is 340 g/mol. The van der Waals surface area contributed by atoms with Crippen LogP contribution in [0.3, 0.4) is 0 Å². The van der Waals surface area contributed by atoms with Gasteiger partial charge in [0.05, 0.1) is 5.60 Å². The Bertz CT molecular complexity index is 509. The molecule has 0 aliphatic rings. The molecular formula is C9H17BrN4O4S. The second-order valence-corrected chi connectivity index (χ2v) is 6.81. The SMILES string of the molecule is COCCC(C)(O)CNS(=O)(=O)c1c(Br)nnn1C. The highest BCUT2D eigenvalue weighted by molar-refractivity contribution is 9.10. The maximum atomic E-state index is 12.1. The van der Waals surface area contributed by atoms with Gasteiger partial charge in [-0.3, -0.25) is 0 Å². The van der Waals surface area contributed by atoms with Crippen molar-refractivity contribution in [1.29, 1.82) is 0 Å². The summed E-state index contributed by atoms with van der Waals surface area (Å²) in [6.45, 7) is 1.74. The summed E-state index contributed by atoms with van der Waals surface area (Å²) in [6.07, 6.45) is 0.316. The average Bonchev–Trinajstić information content (AvgIpc) is 2.65. The molecule has 0 fully saturated rings. The zero-order valence-corrected chi connectivity index (χ0v) is 13.3. The van der Waals surface area contributed by atoms with Gasteiger partial charge in [-0.1, -0.05) is 5.21 Å². The molecule has 0 spiro atoms. The quantitative estimate of drug-likeness (QED) is 0.691. The van der Waals surface area contributed by atoms with Gasteiger partial charge in [-0.15, -0.1) is 5.10 Å². The molecule has 0 saturated carbocycles. The molecule has 0 aromatic carbocycles. The van der Waals surface area contributed by atoms with Gasteiger partial charge in [0.15, 0.2) is 4.60 Å².